The molecule has 2 aliphatic rings. The Morgan fingerprint density at radius 2 is 1.85 bits per heavy atom. The molecule has 1 N–H and O–H groups in total. The van der Waals surface area contributed by atoms with Gasteiger partial charge in [-0.3, -0.25) is 9.00 Å². The summed E-state index contributed by atoms with van der Waals surface area (Å²) in [5.41, 5.74) is 5.56. The minimum atomic E-state index is -1.02. The summed E-state index contributed by atoms with van der Waals surface area (Å²) in [6.45, 7) is 6.00. The van der Waals surface area contributed by atoms with Gasteiger partial charge in [-0.05, 0) is 110 Å². The maximum Gasteiger partial charge on any atom is 0.224 e. The zero-order valence-corrected chi connectivity index (χ0v) is 20.1. The number of nitrogens with one attached hydrogen (secondary N) is 1. The monoisotopic (exact) mass is 466 g/mol. The van der Waals surface area contributed by atoms with Crippen molar-refractivity contribution >= 4 is 33.9 Å². The molecule has 0 saturated carbocycles. The molecule has 1 saturated heterocycles. The van der Waals surface area contributed by atoms with E-state index in [1.54, 1.807) is 12.3 Å². The standard InChI is InChI=1S/C27H31FN2O2S/c1-19-24(16-20-6-9-22(10-7-20)33(2)32)23-11-8-21(28)17-26(23)25(19)18-27(31)29-12-5-15-30-13-3-4-14-30/h6-11,16-17H,3-5,12-15,18H2,1-2H3,(H,29,31)/b24-16-. The van der Waals surface area contributed by atoms with Crippen molar-refractivity contribution in [1.29, 1.82) is 0 Å². The van der Waals surface area contributed by atoms with E-state index in [2.05, 4.69) is 16.3 Å². The molecule has 4 nitrogen and oxygen atoms in total. The lowest BCUT2D eigenvalue weighted by Gasteiger charge is -2.14. The Hall–Kier alpha value is -2.57. The molecule has 0 radical (unpaired) electrons. The first-order valence-corrected chi connectivity index (χ1v) is 13.1. The third-order valence-corrected chi connectivity index (χ3v) is 7.42. The van der Waals surface area contributed by atoms with Gasteiger partial charge in [0, 0.05) is 28.5 Å². The van der Waals surface area contributed by atoms with Gasteiger partial charge in [0.15, 0.2) is 0 Å². The fourth-order valence-corrected chi connectivity index (χ4v) is 5.18. The largest absolute Gasteiger partial charge is 0.356 e. The zero-order chi connectivity index (χ0) is 23.4. The maximum absolute atomic E-state index is 14.1. The Labute approximate surface area is 198 Å². The van der Waals surface area contributed by atoms with Crippen molar-refractivity contribution < 1.29 is 13.4 Å². The maximum atomic E-state index is 14.1. The average Bonchev–Trinajstić information content (AvgIpc) is 3.40. The molecule has 33 heavy (non-hydrogen) atoms. The van der Waals surface area contributed by atoms with Gasteiger partial charge in [-0.2, -0.15) is 0 Å². The van der Waals surface area contributed by atoms with E-state index in [9.17, 15) is 13.4 Å². The number of rotatable bonds is 8. The van der Waals surface area contributed by atoms with Gasteiger partial charge >= 0.3 is 0 Å². The zero-order valence-electron chi connectivity index (χ0n) is 19.3. The Balaban J connectivity index is 1.50. The number of nitrogens with zero attached hydrogens (tertiary/aromatic N) is 1. The van der Waals surface area contributed by atoms with Crippen LogP contribution in [-0.4, -0.2) is 47.5 Å². The smallest absolute Gasteiger partial charge is 0.224 e. The van der Waals surface area contributed by atoms with E-state index in [1.165, 1.54) is 25.0 Å². The van der Waals surface area contributed by atoms with Gasteiger partial charge < -0.3 is 10.2 Å². The summed E-state index contributed by atoms with van der Waals surface area (Å²) in [4.78, 5) is 15.9. The van der Waals surface area contributed by atoms with Crippen LogP contribution in [0.4, 0.5) is 4.39 Å². The van der Waals surface area contributed by atoms with Crippen LogP contribution in [0.15, 0.2) is 52.9 Å². The number of halogens is 1. The summed E-state index contributed by atoms with van der Waals surface area (Å²) in [6, 6.07) is 12.4. The van der Waals surface area contributed by atoms with Crippen LogP contribution in [0.3, 0.4) is 0 Å². The van der Waals surface area contributed by atoms with Crippen LogP contribution >= 0.6 is 0 Å². The fourth-order valence-electron chi connectivity index (χ4n) is 4.66. The minimum Gasteiger partial charge on any atom is -0.356 e. The summed E-state index contributed by atoms with van der Waals surface area (Å²) < 4.78 is 25.8. The molecule has 6 heteroatoms. The lowest BCUT2D eigenvalue weighted by molar-refractivity contribution is -0.120. The van der Waals surface area contributed by atoms with Gasteiger partial charge in [-0.25, -0.2) is 4.39 Å². The highest BCUT2D eigenvalue weighted by Crippen LogP contribution is 2.43. The predicted octanol–water partition coefficient (Wildman–Crippen LogP) is 4.88. The molecule has 1 heterocycles. The number of benzene rings is 2. The van der Waals surface area contributed by atoms with E-state index in [-0.39, 0.29) is 18.1 Å². The summed E-state index contributed by atoms with van der Waals surface area (Å²) >= 11 is 0. The van der Waals surface area contributed by atoms with Crippen molar-refractivity contribution in [1.82, 2.24) is 10.2 Å². The fraction of sp³-hybridized carbons (Fsp3) is 0.370. The third kappa shape index (κ3) is 5.68. The lowest BCUT2D eigenvalue weighted by Crippen LogP contribution is -2.28. The van der Waals surface area contributed by atoms with Gasteiger partial charge in [0.1, 0.15) is 5.82 Å². The molecule has 0 aromatic heterocycles. The topological polar surface area (TPSA) is 49.4 Å². The summed E-state index contributed by atoms with van der Waals surface area (Å²) in [6.07, 6.45) is 7.43. The van der Waals surface area contributed by atoms with Crippen molar-refractivity contribution in [3.8, 4) is 0 Å². The van der Waals surface area contributed by atoms with E-state index in [1.807, 2.05) is 31.2 Å². The highest BCUT2D eigenvalue weighted by atomic mass is 32.2. The summed E-state index contributed by atoms with van der Waals surface area (Å²) in [5, 5.41) is 3.04. The van der Waals surface area contributed by atoms with Crippen molar-refractivity contribution in [2.24, 2.45) is 0 Å². The van der Waals surface area contributed by atoms with E-state index >= 15 is 0 Å². The number of hydrogen-bond acceptors (Lipinski definition) is 3. The van der Waals surface area contributed by atoms with Gasteiger partial charge in [0.2, 0.25) is 5.91 Å². The molecule has 2 aromatic rings. The van der Waals surface area contributed by atoms with E-state index in [0.717, 1.165) is 64.4 Å². The van der Waals surface area contributed by atoms with Gasteiger partial charge in [0.05, 0.1) is 6.42 Å². The first-order valence-electron chi connectivity index (χ1n) is 11.6. The molecule has 2 aromatic carbocycles. The van der Waals surface area contributed by atoms with Crippen LogP contribution in [0.1, 0.15) is 49.3 Å². The van der Waals surface area contributed by atoms with Crippen molar-refractivity contribution in [2.45, 2.75) is 37.5 Å². The summed E-state index contributed by atoms with van der Waals surface area (Å²) in [5.74, 6) is -0.335. The molecule has 0 spiro atoms. The van der Waals surface area contributed by atoms with Crippen LogP contribution in [0.5, 0.6) is 0 Å². The quantitative estimate of drug-likeness (QED) is 0.564. The number of carbonyl (C=O) groups is 1. The normalized spacial score (nSPS) is 18.1. The van der Waals surface area contributed by atoms with Crippen molar-refractivity contribution in [3.63, 3.8) is 0 Å². The highest BCUT2D eigenvalue weighted by molar-refractivity contribution is 7.84. The second-order valence-electron chi connectivity index (χ2n) is 8.80. The second-order valence-corrected chi connectivity index (χ2v) is 10.2. The van der Waals surface area contributed by atoms with Crippen LogP contribution in [0.25, 0.3) is 17.2 Å². The summed E-state index contributed by atoms with van der Waals surface area (Å²) in [7, 11) is -1.02. The molecule has 174 valence electrons. The van der Waals surface area contributed by atoms with Crippen LogP contribution in [-0.2, 0) is 15.6 Å². The first kappa shape index (κ1) is 23.6. The SMILES string of the molecule is CC1=C(CC(=O)NCCCN2CCCC2)c2cc(F)ccc2/C1=C\c1ccc(S(C)=O)cc1. The van der Waals surface area contributed by atoms with Gasteiger partial charge in [-0.15, -0.1) is 0 Å². The number of allylic oxidation sites excluding steroid dienone is 2. The van der Waals surface area contributed by atoms with E-state index in [0.29, 0.717) is 6.54 Å². The van der Waals surface area contributed by atoms with Crippen molar-refractivity contribution in [2.75, 3.05) is 32.4 Å². The molecule has 1 aliphatic heterocycles. The average molecular weight is 467 g/mol. The van der Waals surface area contributed by atoms with Crippen LogP contribution < -0.4 is 5.32 Å². The molecule has 1 fully saturated rings. The van der Waals surface area contributed by atoms with Gasteiger partial charge in [-0.1, -0.05) is 18.2 Å². The Bertz CT molecular complexity index is 1120. The number of hydrogen-bond donors (Lipinski definition) is 1. The van der Waals surface area contributed by atoms with Crippen molar-refractivity contribution in [3.05, 3.63) is 70.5 Å². The van der Waals surface area contributed by atoms with E-state index in [4.69, 9.17) is 0 Å². The number of carbonyl (C=O) groups excluding carboxylic acids is 1. The highest BCUT2D eigenvalue weighted by Gasteiger charge is 2.25. The predicted molar refractivity (Wildman–Crippen MR) is 134 cm³/mol. The minimum absolute atomic E-state index is 0.0305. The number of amides is 1. The molecule has 1 amide bonds. The molecule has 0 bridgehead atoms. The first-order chi connectivity index (χ1) is 15.9. The molecule has 4 rings (SSSR count). The molecule has 1 unspecified atom stereocenters. The molecular formula is C27H31FN2O2S. The number of likely N-dealkylation sites (tertiary alicyclic amines) is 1. The molecular weight excluding hydrogens is 435 g/mol. The van der Waals surface area contributed by atoms with E-state index < -0.39 is 10.8 Å². The van der Waals surface area contributed by atoms with Gasteiger partial charge in [0.25, 0.3) is 0 Å². The second kappa shape index (κ2) is 10.6. The lowest BCUT2D eigenvalue weighted by atomic mass is 10.0. The third-order valence-electron chi connectivity index (χ3n) is 6.49. The Kier molecular flexibility index (Phi) is 7.56. The Morgan fingerprint density at radius 3 is 2.55 bits per heavy atom. The van der Waals surface area contributed by atoms with Crippen LogP contribution in [0, 0.1) is 5.82 Å². The number of fused-ring (bicyclic) bond motifs is 1. The van der Waals surface area contributed by atoms with Crippen LogP contribution in [0.2, 0.25) is 0 Å². The molecule has 1 atom stereocenters. The Morgan fingerprint density at radius 1 is 1.12 bits per heavy atom. The molecule has 1 aliphatic carbocycles.